The van der Waals surface area contributed by atoms with E-state index in [-0.39, 0.29) is 16.5 Å². The van der Waals surface area contributed by atoms with Crippen molar-refractivity contribution in [1.82, 2.24) is 10.1 Å². The number of piperidine rings is 1. The van der Waals surface area contributed by atoms with Gasteiger partial charge in [0.05, 0.1) is 17.3 Å². The Balaban J connectivity index is 1.67. The van der Waals surface area contributed by atoms with Crippen LogP contribution in [-0.4, -0.2) is 49.8 Å². The van der Waals surface area contributed by atoms with Crippen LogP contribution >= 0.6 is 0 Å². The summed E-state index contributed by atoms with van der Waals surface area (Å²) in [5.41, 5.74) is 0.258. The normalized spacial score (nSPS) is 16.0. The smallest absolute Gasteiger partial charge is 0.276 e. The molecule has 1 aliphatic heterocycles. The maximum atomic E-state index is 12.8. The number of benzene rings is 1. The van der Waals surface area contributed by atoms with Crippen molar-refractivity contribution >= 4 is 15.7 Å². The van der Waals surface area contributed by atoms with Crippen molar-refractivity contribution in [3.05, 3.63) is 41.8 Å². The van der Waals surface area contributed by atoms with Crippen LogP contribution in [0.1, 0.15) is 29.1 Å². The van der Waals surface area contributed by atoms with Crippen LogP contribution in [0.5, 0.6) is 5.75 Å². The second-order valence-electron chi connectivity index (χ2n) is 6.03. The van der Waals surface area contributed by atoms with E-state index in [0.29, 0.717) is 37.4 Å². The zero-order valence-electron chi connectivity index (χ0n) is 14.1. The van der Waals surface area contributed by atoms with E-state index in [4.69, 9.17) is 9.26 Å². The van der Waals surface area contributed by atoms with Crippen LogP contribution < -0.4 is 4.74 Å². The van der Waals surface area contributed by atoms with Gasteiger partial charge in [0.25, 0.3) is 5.91 Å². The van der Waals surface area contributed by atoms with Gasteiger partial charge in [0.1, 0.15) is 11.5 Å². The number of aryl methyl sites for hydroxylation is 1. The third-order valence-corrected chi connectivity index (χ3v) is 6.68. The zero-order chi connectivity index (χ0) is 18.0. The number of methoxy groups -OCH3 is 1. The van der Waals surface area contributed by atoms with E-state index >= 15 is 0 Å². The fourth-order valence-corrected chi connectivity index (χ4v) is 4.69. The fourth-order valence-electron chi connectivity index (χ4n) is 2.96. The molecule has 0 unspecified atom stereocenters. The van der Waals surface area contributed by atoms with Crippen molar-refractivity contribution < 1.29 is 22.5 Å². The third kappa shape index (κ3) is 3.53. The molecule has 0 spiro atoms. The molecule has 134 valence electrons. The summed E-state index contributed by atoms with van der Waals surface area (Å²) in [5, 5.41) is 3.23. The van der Waals surface area contributed by atoms with E-state index in [1.807, 2.05) is 0 Å². The summed E-state index contributed by atoms with van der Waals surface area (Å²) in [6, 6.07) is 7.98. The van der Waals surface area contributed by atoms with Gasteiger partial charge in [-0.3, -0.25) is 4.79 Å². The minimum atomic E-state index is -3.42. The summed E-state index contributed by atoms with van der Waals surface area (Å²) in [7, 11) is -1.89. The van der Waals surface area contributed by atoms with Crippen LogP contribution in [-0.2, 0) is 9.84 Å². The molecular weight excluding hydrogens is 344 g/mol. The van der Waals surface area contributed by atoms with Crippen molar-refractivity contribution in [2.24, 2.45) is 0 Å². The van der Waals surface area contributed by atoms with Gasteiger partial charge >= 0.3 is 0 Å². The molecule has 2 heterocycles. The quantitative estimate of drug-likeness (QED) is 0.825. The number of hydrogen-bond acceptors (Lipinski definition) is 6. The highest BCUT2D eigenvalue weighted by Crippen LogP contribution is 2.26. The monoisotopic (exact) mass is 364 g/mol. The van der Waals surface area contributed by atoms with Gasteiger partial charge in [-0.15, -0.1) is 0 Å². The Labute approximate surface area is 146 Å². The van der Waals surface area contributed by atoms with Crippen LogP contribution in [0, 0.1) is 6.92 Å². The molecule has 0 atom stereocenters. The molecule has 0 radical (unpaired) electrons. The molecule has 1 amide bonds. The minimum absolute atomic E-state index is 0.225. The number of rotatable bonds is 4. The number of amides is 1. The molecule has 7 nitrogen and oxygen atoms in total. The lowest BCUT2D eigenvalue weighted by Crippen LogP contribution is -2.42. The van der Waals surface area contributed by atoms with Crippen molar-refractivity contribution in [2.75, 3.05) is 20.2 Å². The van der Waals surface area contributed by atoms with Gasteiger partial charge in [-0.1, -0.05) is 5.16 Å². The van der Waals surface area contributed by atoms with Crippen LogP contribution in [0.25, 0.3) is 0 Å². The first-order valence-electron chi connectivity index (χ1n) is 8.02. The van der Waals surface area contributed by atoms with Crippen LogP contribution in [0.2, 0.25) is 0 Å². The molecule has 1 aliphatic rings. The molecule has 1 aromatic carbocycles. The first-order chi connectivity index (χ1) is 11.9. The lowest BCUT2D eigenvalue weighted by molar-refractivity contribution is 0.0715. The lowest BCUT2D eigenvalue weighted by atomic mass is 10.1. The van der Waals surface area contributed by atoms with Crippen molar-refractivity contribution in [2.45, 2.75) is 29.9 Å². The number of carbonyl (C=O) groups is 1. The Hall–Kier alpha value is -2.35. The minimum Gasteiger partial charge on any atom is -0.497 e. The highest BCUT2D eigenvalue weighted by Gasteiger charge is 2.33. The Morgan fingerprint density at radius 3 is 2.40 bits per heavy atom. The van der Waals surface area contributed by atoms with Crippen molar-refractivity contribution in [3.63, 3.8) is 0 Å². The highest BCUT2D eigenvalue weighted by molar-refractivity contribution is 7.92. The number of hydrogen-bond donors (Lipinski definition) is 0. The summed E-state index contributed by atoms with van der Waals surface area (Å²) in [6.45, 7) is 2.48. The van der Waals surface area contributed by atoms with Gasteiger partial charge in [-0.05, 0) is 44.0 Å². The maximum absolute atomic E-state index is 12.8. The molecule has 2 aromatic rings. The van der Waals surface area contributed by atoms with E-state index in [1.165, 1.54) is 7.11 Å². The summed E-state index contributed by atoms with van der Waals surface area (Å²) >= 11 is 0. The van der Waals surface area contributed by atoms with E-state index < -0.39 is 15.1 Å². The van der Waals surface area contributed by atoms with Crippen LogP contribution in [0.15, 0.2) is 39.8 Å². The summed E-state index contributed by atoms with van der Waals surface area (Å²) in [4.78, 5) is 14.3. The number of likely N-dealkylation sites (tertiary alicyclic amines) is 1. The number of aromatic nitrogens is 1. The van der Waals surface area contributed by atoms with Crippen LogP contribution in [0.3, 0.4) is 0 Å². The largest absolute Gasteiger partial charge is 0.497 e. The second-order valence-corrected chi connectivity index (χ2v) is 8.26. The molecule has 0 N–H and O–H groups in total. The average molecular weight is 364 g/mol. The summed E-state index contributed by atoms with van der Waals surface area (Å²) < 4.78 is 35.5. The second kappa shape index (κ2) is 6.87. The van der Waals surface area contributed by atoms with Gasteiger partial charge in [-0.2, -0.15) is 0 Å². The lowest BCUT2D eigenvalue weighted by Gasteiger charge is -2.31. The third-order valence-electron chi connectivity index (χ3n) is 4.40. The molecule has 0 bridgehead atoms. The van der Waals surface area contributed by atoms with E-state index in [9.17, 15) is 13.2 Å². The number of carbonyl (C=O) groups excluding carboxylic acids is 1. The van der Waals surface area contributed by atoms with E-state index in [2.05, 4.69) is 5.16 Å². The van der Waals surface area contributed by atoms with Crippen molar-refractivity contribution in [1.29, 1.82) is 0 Å². The molecule has 1 fully saturated rings. The van der Waals surface area contributed by atoms with Gasteiger partial charge in [0, 0.05) is 19.2 Å². The standard InChI is InChI=1S/C17H20N2O5S/c1-12-11-16(18-24-12)17(20)19-9-7-15(8-10-19)25(21,22)14-5-3-13(23-2)4-6-14/h3-6,11,15H,7-10H2,1-2H3. The van der Waals surface area contributed by atoms with Crippen LogP contribution in [0.4, 0.5) is 0 Å². The van der Waals surface area contributed by atoms with E-state index in [0.717, 1.165) is 0 Å². The predicted octanol–water partition coefficient (Wildman–Crippen LogP) is 2.07. The molecule has 8 heteroatoms. The van der Waals surface area contributed by atoms with Gasteiger partial charge in [0.15, 0.2) is 15.5 Å². The maximum Gasteiger partial charge on any atom is 0.276 e. The predicted molar refractivity (Wildman–Crippen MR) is 90.3 cm³/mol. The first kappa shape index (κ1) is 17.5. The Bertz CT molecular complexity index is 849. The molecule has 0 aliphatic carbocycles. The number of nitrogens with zero attached hydrogens (tertiary/aromatic N) is 2. The molecular formula is C17H20N2O5S. The Morgan fingerprint density at radius 1 is 1.24 bits per heavy atom. The Morgan fingerprint density at radius 2 is 1.88 bits per heavy atom. The first-order valence-corrected chi connectivity index (χ1v) is 9.57. The molecule has 1 saturated heterocycles. The topological polar surface area (TPSA) is 89.7 Å². The molecule has 0 saturated carbocycles. The molecule has 25 heavy (non-hydrogen) atoms. The number of sulfone groups is 1. The molecule has 1 aromatic heterocycles. The SMILES string of the molecule is COc1ccc(S(=O)(=O)C2CCN(C(=O)c3cc(C)on3)CC2)cc1. The summed E-state index contributed by atoms with van der Waals surface area (Å²) in [6.07, 6.45) is 0.799. The van der Waals surface area contributed by atoms with Gasteiger partial charge in [0.2, 0.25) is 0 Å². The molecule has 3 rings (SSSR count). The van der Waals surface area contributed by atoms with Gasteiger partial charge in [-0.25, -0.2) is 8.42 Å². The zero-order valence-corrected chi connectivity index (χ0v) is 15.0. The summed E-state index contributed by atoms with van der Waals surface area (Å²) in [5.74, 6) is 0.958. The number of ether oxygens (including phenoxy) is 1. The Kier molecular flexibility index (Phi) is 4.80. The van der Waals surface area contributed by atoms with E-state index in [1.54, 1.807) is 42.2 Å². The average Bonchev–Trinajstić information content (AvgIpc) is 3.07. The fraction of sp³-hybridized carbons (Fsp3) is 0.412. The highest BCUT2D eigenvalue weighted by atomic mass is 32.2. The van der Waals surface area contributed by atoms with Crippen molar-refractivity contribution in [3.8, 4) is 5.75 Å². The van der Waals surface area contributed by atoms with Gasteiger partial charge < -0.3 is 14.2 Å².